The Morgan fingerprint density at radius 1 is 1.41 bits per heavy atom. The Morgan fingerprint density at radius 2 is 2.18 bits per heavy atom. The van der Waals surface area contributed by atoms with Gasteiger partial charge in [-0.3, -0.25) is 9.69 Å². The lowest BCUT2D eigenvalue weighted by molar-refractivity contribution is 0.0931. The highest BCUT2D eigenvalue weighted by molar-refractivity contribution is 9.10. The molecule has 1 aromatic heterocycles. The van der Waals surface area contributed by atoms with Gasteiger partial charge in [0.25, 0.3) is 5.91 Å². The van der Waals surface area contributed by atoms with Gasteiger partial charge in [0.15, 0.2) is 5.01 Å². The van der Waals surface area contributed by atoms with Crippen molar-refractivity contribution in [2.45, 2.75) is 19.5 Å². The molecule has 0 radical (unpaired) electrons. The number of carbonyl (C=O) groups is 1. The first-order valence-electron chi connectivity index (χ1n) is 7.30. The second-order valence-electron chi connectivity index (χ2n) is 5.71. The highest BCUT2D eigenvalue weighted by Crippen LogP contribution is 2.20. The predicted octanol–water partition coefficient (Wildman–Crippen LogP) is 3.16. The van der Waals surface area contributed by atoms with Crippen LogP contribution in [0.3, 0.4) is 0 Å². The van der Waals surface area contributed by atoms with Crippen LogP contribution in [-0.4, -0.2) is 34.9 Å². The maximum absolute atomic E-state index is 12.2. The number of nitrogens with zero attached hydrogens (tertiary/aromatic N) is 2. The molecule has 0 spiro atoms. The van der Waals surface area contributed by atoms with Crippen molar-refractivity contribution in [3.05, 3.63) is 50.9 Å². The normalized spacial score (nSPS) is 21.9. The van der Waals surface area contributed by atoms with Gasteiger partial charge in [0, 0.05) is 31.1 Å². The van der Waals surface area contributed by atoms with E-state index in [-0.39, 0.29) is 11.9 Å². The van der Waals surface area contributed by atoms with Crippen LogP contribution in [0.5, 0.6) is 0 Å². The van der Waals surface area contributed by atoms with Crippen LogP contribution in [-0.2, 0) is 6.54 Å². The molecule has 1 aliphatic heterocycles. The summed E-state index contributed by atoms with van der Waals surface area (Å²) in [6.07, 6.45) is 0. The third kappa shape index (κ3) is 3.74. The van der Waals surface area contributed by atoms with Gasteiger partial charge in [0.1, 0.15) is 4.60 Å². The highest BCUT2D eigenvalue weighted by Gasteiger charge is 2.31. The van der Waals surface area contributed by atoms with E-state index in [4.69, 9.17) is 0 Å². The van der Waals surface area contributed by atoms with Gasteiger partial charge in [-0.15, -0.1) is 11.3 Å². The Labute approximate surface area is 142 Å². The molecule has 6 heteroatoms. The van der Waals surface area contributed by atoms with E-state index in [1.165, 1.54) is 16.9 Å². The lowest BCUT2D eigenvalue weighted by Crippen LogP contribution is -2.39. The summed E-state index contributed by atoms with van der Waals surface area (Å²) < 4.78 is 0.716. The van der Waals surface area contributed by atoms with E-state index in [1.807, 2.05) is 11.4 Å². The fourth-order valence-corrected chi connectivity index (χ4v) is 3.97. The first-order chi connectivity index (χ1) is 10.6. The van der Waals surface area contributed by atoms with Crippen molar-refractivity contribution in [2.24, 2.45) is 5.92 Å². The van der Waals surface area contributed by atoms with E-state index in [1.54, 1.807) is 0 Å². The maximum atomic E-state index is 12.2. The molecule has 1 aromatic carbocycles. The number of hydrogen-bond acceptors (Lipinski definition) is 4. The first kappa shape index (κ1) is 15.6. The second-order valence-corrected chi connectivity index (χ2v) is 7.38. The van der Waals surface area contributed by atoms with Gasteiger partial charge < -0.3 is 5.32 Å². The minimum absolute atomic E-state index is 0.0749. The summed E-state index contributed by atoms with van der Waals surface area (Å²) >= 11 is 4.64. The molecule has 1 fully saturated rings. The Bertz CT molecular complexity index is 646. The number of thiazole rings is 1. The number of nitrogens with one attached hydrogen (secondary N) is 1. The highest BCUT2D eigenvalue weighted by atomic mass is 79.9. The number of rotatable bonds is 4. The fraction of sp³-hybridized carbons (Fsp3) is 0.375. The van der Waals surface area contributed by atoms with Crippen molar-refractivity contribution in [3.8, 4) is 0 Å². The summed E-state index contributed by atoms with van der Waals surface area (Å²) in [6, 6.07) is 10.6. The van der Waals surface area contributed by atoms with Crippen molar-refractivity contribution in [1.82, 2.24) is 15.2 Å². The van der Waals surface area contributed by atoms with E-state index in [9.17, 15) is 4.79 Å². The largest absolute Gasteiger partial charge is 0.346 e. The van der Waals surface area contributed by atoms with Crippen LogP contribution >= 0.6 is 27.3 Å². The Balaban J connectivity index is 1.58. The monoisotopic (exact) mass is 379 g/mol. The number of aromatic nitrogens is 1. The summed E-state index contributed by atoms with van der Waals surface area (Å²) in [6.45, 7) is 5.00. The topological polar surface area (TPSA) is 45.2 Å². The summed E-state index contributed by atoms with van der Waals surface area (Å²) in [7, 11) is 0. The molecule has 0 aliphatic carbocycles. The fourth-order valence-electron chi connectivity index (χ4n) is 2.81. The molecular weight excluding hydrogens is 362 g/mol. The Kier molecular flexibility index (Phi) is 4.90. The van der Waals surface area contributed by atoms with Gasteiger partial charge in [-0.1, -0.05) is 37.3 Å². The van der Waals surface area contributed by atoms with E-state index in [2.05, 4.69) is 62.3 Å². The summed E-state index contributed by atoms with van der Waals surface area (Å²) in [5.74, 6) is 0.366. The van der Waals surface area contributed by atoms with Crippen molar-refractivity contribution >= 4 is 33.2 Å². The summed E-state index contributed by atoms with van der Waals surface area (Å²) in [4.78, 5) is 18.8. The van der Waals surface area contributed by atoms with Crippen LogP contribution in [0.15, 0.2) is 40.3 Å². The number of likely N-dealkylation sites (tertiary alicyclic amines) is 1. The minimum atomic E-state index is -0.0749. The zero-order valence-electron chi connectivity index (χ0n) is 12.3. The molecule has 0 saturated carbocycles. The standard InChI is InChI=1S/C16H18BrN3OS/c1-11-7-20(8-12-5-3-2-4-6-12)9-13(11)18-15(21)16-19-14(17)10-22-16/h2-6,10-11,13H,7-9H2,1H3,(H,18,21). The number of halogens is 1. The molecule has 1 saturated heterocycles. The average molecular weight is 380 g/mol. The van der Waals surface area contributed by atoms with E-state index in [0.717, 1.165) is 19.6 Å². The third-order valence-corrected chi connectivity index (χ3v) is 5.47. The molecule has 2 atom stereocenters. The van der Waals surface area contributed by atoms with Gasteiger partial charge in [-0.05, 0) is 27.4 Å². The van der Waals surface area contributed by atoms with E-state index in [0.29, 0.717) is 15.5 Å². The zero-order chi connectivity index (χ0) is 15.5. The number of carbonyl (C=O) groups excluding carboxylic acids is 1. The Morgan fingerprint density at radius 3 is 2.86 bits per heavy atom. The van der Waals surface area contributed by atoms with Crippen LogP contribution in [0.1, 0.15) is 22.3 Å². The molecule has 116 valence electrons. The molecule has 2 unspecified atom stereocenters. The van der Waals surface area contributed by atoms with Crippen LogP contribution < -0.4 is 5.32 Å². The van der Waals surface area contributed by atoms with Gasteiger partial charge in [0.2, 0.25) is 0 Å². The molecular formula is C16H18BrN3OS. The predicted molar refractivity (Wildman–Crippen MR) is 92.0 cm³/mol. The molecule has 4 nitrogen and oxygen atoms in total. The maximum Gasteiger partial charge on any atom is 0.280 e. The van der Waals surface area contributed by atoms with Gasteiger partial charge in [-0.2, -0.15) is 0 Å². The van der Waals surface area contributed by atoms with Crippen molar-refractivity contribution < 1.29 is 4.79 Å². The Hall–Kier alpha value is -1.24. The summed E-state index contributed by atoms with van der Waals surface area (Å²) in [5, 5.41) is 5.46. The van der Waals surface area contributed by atoms with Gasteiger partial charge in [-0.25, -0.2) is 4.98 Å². The first-order valence-corrected chi connectivity index (χ1v) is 8.97. The van der Waals surface area contributed by atoms with E-state index < -0.39 is 0 Å². The second kappa shape index (κ2) is 6.89. The molecule has 22 heavy (non-hydrogen) atoms. The smallest absolute Gasteiger partial charge is 0.280 e. The summed E-state index contributed by atoms with van der Waals surface area (Å²) in [5.41, 5.74) is 1.31. The molecule has 1 aliphatic rings. The average Bonchev–Trinajstić information content (AvgIpc) is 3.07. The van der Waals surface area contributed by atoms with Crippen LogP contribution in [0.2, 0.25) is 0 Å². The van der Waals surface area contributed by atoms with Gasteiger partial charge >= 0.3 is 0 Å². The number of benzene rings is 1. The lowest BCUT2D eigenvalue weighted by Gasteiger charge is -2.16. The lowest BCUT2D eigenvalue weighted by atomic mass is 10.1. The van der Waals surface area contributed by atoms with E-state index >= 15 is 0 Å². The molecule has 1 N–H and O–H groups in total. The number of amides is 1. The van der Waals surface area contributed by atoms with Crippen LogP contribution in [0.4, 0.5) is 0 Å². The van der Waals surface area contributed by atoms with Crippen molar-refractivity contribution in [2.75, 3.05) is 13.1 Å². The SMILES string of the molecule is CC1CN(Cc2ccccc2)CC1NC(=O)c1nc(Br)cs1. The quantitative estimate of drug-likeness (QED) is 0.887. The number of hydrogen-bond donors (Lipinski definition) is 1. The zero-order valence-corrected chi connectivity index (χ0v) is 14.7. The van der Waals surface area contributed by atoms with Crippen molar-refractivity contribution in [3.63, 3.8) is 0 Å². The van der Waals surface area contributed by atoms with Gasteiger partial charge in [0.05, 0.1) is 0 Å². The molecule has 2 heterocycles. The molecule has 2 aromatic rings. The van der Waals surface area contributed by atoms with Crippen LogP contribution in [0, 0.1) is 5.92 Å². The molecule has 0 bridgehead atoms. The van der Waals surface area contributed by atoms with Crippen LogP contribution in [0.25, 0.3) is 0 Å². The van der Waals surface area contributed by atoms with Crippen molar-refractivity contribution in [1.29, 1.82) is 0 Å². The molecule has 1 amide bonds. The third-order valence-electron chi connectivity index (χ3n) is 3.92. The minimum Gasteiger partial charge on any atom is -0.346 e. The molecule has 3 rings (SSSR count).